The number of fused-ring (bicyclic) bond motifs is 1. The lowest BCUT2D eigenvalue weighted by atomic mass is 10.1. The highest BCUT2D eigenvalue weighted by atomic mass is 14.7. The summed E-state index contributed by atoms with van der Waals surface area (Å²) in [5.74, 6) is 0.827. The zero-order valence-electron chi connectivity index (χ0n) is 9.09. The van der Waals surface area contributed by atoms with Crippen LogP contribution in [0.1, 0.15) is 37.6 Å². The minimum atomic E-state index is 0.827. The van der Waals surface area contributed by atoms with Gasteiger partial charge in [-0.25, -0.2) is 0 Å². The summed E-state index contributed by atoms with van der Waals surface area (Å²) >= 11 is 0. The van der Waals surface area contributed by atoms with Crippen molar-refractivity contribution in [3.63, 3.8) is 0 Å². The summed E-state index contributed by atoms with van der Waals surface area (Å²) in [5.41, 5.74) is 4.13. The van der Waals surface area contributed by atoms with Gasteiger partial charge in [-0.05, 0) is 42.9 Å². The van der Waals surface area contributed by atoms with Crippen molar-refractivity contribution in [2.45, 2.75) is 40.5 Å². The van der Waals surface area contributed by atoms with Gasteiger partial charge in [0.1, 0.15) is 0 Å². The SMILES string of the molecule is CC.Cc1cc2c(cn1)CC(C)C2. The van der Waals surface area contributed by atoms with E-state index in [1.165, 1.54) is 24.0 Å². The lowest BCUT2D eigenvalue weighted by Gasteiger charge is -1.97. The zero-order chi connectivity index (χ0) is 9.84. The van der Waals surface area contributed by atoms with Gasteiger partial charge in [0.05, 0.1) is 0 Å². The van der Waals surface area contributed by atoms with Gasteiger partial charge in [-0.2, -0.15) is 0 Å². The molecule has 0 bridgehead atoms. The Morgan fingerprint density at radius 1 is 1.23 bits per heavy atom. The molecule has 1 aliphatic rings. The summed E-state index contributed by atoms with van der Waals surface area (Å²) in [5, 5.41) is 0. The van der Waals surface area contributed by atoms with Gasteiger partial charge in [-0.15, -0.1) is 0 Å². The normalized spacial score (nSPS) is 18.9. The number of rotatable bonds is 0. The molecule has 1 atom stereocenters. The number of aryl methyl sites for hydroxylation is 1. The lowest BCUT2D eigenvalue weighted by molar-refractivity contribution is 0.627. The Morgan fingerprint density at radius 2 is 1.85 bits per heavy atom. The minimum absolute atomic E-state index is 0.827. The number of nitrogens with zero attached hydrogens (tertiary/aromatic N) is 1. The predicted molar refractivity (Wildman–Crippen MR) is 56.9 cm³/mol. The minimum Gasteiger partial charge on any atom is -0.261 e. The smallest absolute Gasteiger partial charge is 0.0375 e. The maximum atomic E-state index is 4.29. The summed E-state index contributed by atoms with van der Waals surface area (Å²) in [7, 11) is 0. The molecule has 2 rings (SSSR count). The maximum Gasteiger partial charge on any atom is 0.0375 e. The van der Waals surface area contributed by atoms with Crippen molar-refractivity contribution >= 4 is 0 Å². The Labute approximate surface area is 81.2 Å². The molecule has 1 aliphatic carbocycles. The van der Waals surface area contributed by atoms with Gasteiger partial charge in [-0.3, -0.25) is 4.98 Å². The second kappa shape index (κ2) is 4.40. The Kier molecular flexibility index (Phi) is 3.47. The average molecular weight is 177 g/mol. The molecular weight excluding hydrogens is 158 g/mol. The monoisotopic (exact) mass is 177 g/mol. The van der Waals surface area contributed by atoms with E-state index in [-0.39, 0.29) is 0 Å². The summed E-state index contributed by atoms with van der Waals surface area (Å²) < 4.78 is 0. The molecule has 13 heavy (non-hydrogen) atoms. The Hall–Kier alpha value is -0.850. The molecule has 0 spiro atoms. The third-order valence-corrected chi connectivity index (χ3v) is 2.36. The molecule has 0 fully saturated rings. The summed E-state index contributed by atoms with van der Waals surface area (Å²) in [6, 6.07) is 2.22. The molecule has 0 saturated carbocycles. The van der Waals surface area contributed by atoms with E-state index >= 15 is 0 Å². The van der Waals surface area contributed by atoms with Crippen molar-refractivity contribution in [3.05, 3.63) is 29.1 Å². The van der Waals surface area contributed by atoms with Crippen molar-refractivity contribution in [2.75, 3.05) is 0 Å². The van der Waals surface area contributed by atoms with Crippen LogP contribution in [0, 0.1) is 12.8 Å². The van der Waals surface area contributed by atoms with Crippen LogP contribution >= 0.6 is 0 Å². The molecule has 0 N–H and O–H groups in total. The highest BCUT2D eigenvalue weighted by Crippen LogP contribution is 2.25. The van der Waals surface area contributed by atoms with E-state index in [9.17, 15) is 0 Å². The largest absolute Gasteiger partial charge is 0.261 e. The van der Waals surface area contributed by atoms with Gasteiger partial charge < -0.3 is 0 Å². The molecule has 1 nitrogen and oxygen atoms in total. The molecule has 72 valence electrons. The van der Waals surface area contributed by atoms with Crippen molar-refractivity contribution in [3.8, 4) is 0 Å². The fourth-order valence-electron chi connectivity index (χ4n) is 1.84. The topological polar surface area (TPSA) is 12.9 Å². The molecule has 0 aliphatic heterocycles. The maximum absolute atomic E-state index is 4.29. The second-order valence-electron chi connectivity index (χ2n) is 3.61. The Bertz CT molecular complexity index is 278. The average Bonchev–Trinajstić information content (AvgIpc) is 2.48. The van der Waals surface area contributed by atoms with E-state index in [4.69, 9.17) is 0 Å². The molecule has 1 aromatic rings. The highest BCUT2D eigenvalue weighted by Gasteiger charge is 2.17. The van der Waals surface area contributed by atoms with Crippen LogP contribution in [0.3, 0.4) is 0 Å². The van der Waals surface area contributed by atoms with E-state index in [0.29, 0.717) is 0 Å². The summed E-state index contributed by atoms with van der Waals surface area (Å²) in [6.45, 7) is 8.36. The highest BCUT2D eigenvalue weighted by molar-refractivity contribution is 5.31. The molecule has 0 saturated heterocycles. The first-order chi connectivity index (χ1) is 6.25. The van der Waals surface area contributed by atoms with Crippen LogP contribution in [0.5, 0.6) is 0 Å². The van der Waals surface area contributed by atoms with E-state index in [0.717, 1.165) is 11.6 Å². The van der Waals surface area contributed by atoms with E-state index in [1.54, 1.807) is 0 Å². The van der Waals surface area contributed by atoms with Gasteiger partial charge >= 0.3 is 0 Å². The summed E-state index contributed by atoms with van der Waals surface area (Å²) in [4.78, 5) is 4.29. The van der Waals surface area contributed by atoms with E-state index in [2.05, 4.69) is 24.9 Å². The van der Waals surface area contributed by atoms with Crippen molar-refractivity contribution in [1.29, 1.82) is 0 Å². The number of aromatic nitrogens is 1. The van der Waals surface area contributed by atoms with Crippen LogP contribution < -0.4 is 0 Å². The summed E-state index contributed by atoms with van der Waals surface area (Å²) in [6.07, 6.45) is 4.51. The molecule has 0 amide bonds. The number of pyridine rings is 1. The van der Waals surface area contributed by atoms with E-state index < -0.39 is 0 Å². The molecule has 1 heterocycles. The fourth-order valence-corrected chi connectivity index (χ4v) is 1.84. The van der Waals surface area contributed by atoms with Gasteiger partial charge in [0.15, 0.2) is 0 Å². The van der Waals surface area contributed by atoms with Crippen LogP contribution in [0.15, 0.2) is 12.3 Å². The Balaban J connectivity index is 0.000000396. The fraction of sp³-hybridized carbons (Fsp3) is 0.583. The van der Waals surface area contributed by atoms with Gasteiger partial charge in [0.2, 0.25) is 0 Å². The van der Waals surface area contributed by atoms with E-state index in [1.807, 2.05) is 20.0 Å². The second-order valence-corrected chi connectivity index (χ2v) is 3.61. The molecule has 1 heteroatoms. The zero-order valence-corrected chi connectivity index (χ0v) is 9.09. The Morgan fingerprint density at radius 3 is 2.54 bits per heavy atom. The standard InChI is InChI=1S/C10H13N.C2H6/c1-7-3-9-5-8(2)11-6-10(9)4-7;1-2/h5-7H,3-4H2,1-2H3;1-2H3. The number of hydrogen-bond acceptors (Lipinski definition) is 1. The molecule has 0 aromatic carbocycles. The van der Waals surface area contributed by atoms with Gasteiger partial charge in [0.25, 0.3) is 0 Å². The van der Waals surface area contributed by atoms with Crippen LogP contribution in [0.2, 0.25) is 0 Å². The van der Waals surface area contributed by atoms with Crippen LogP contribution in [0.4, 0.5) is 0 Å². The van der Waals surface area contributed by atoms with Crippen LogP contribution in [0.25, 0.3) is 0 Å². The first-order valence-corrected chi connectivity index (χ1v) is 5.20. The third kappa shape index (κ3) is 2.30. The van der Waals surface area contributed by atoms with Crippen molar-refractivity contribution in [1.82, 2.24) is 4.98 Å². The van der Waals surface area contributed by atoms with Crippen molar-refractivity contribution < 1.29 is 0 Å². The quantitative estimate of drug-likeness (QED) is 0.593. The third-order valence-electron chi connectivity index (χ3n) is 2.36. The molecule has 1 aromatic heterocycles. The first kappa shape index (κ1) is 10.2. The van der Waals surface area contributed by atoms with Gasteiger partial charge in [-0.1, -0.05) is 20.8 Å². The molecule has 0 radical (unpaired) electrons. The first-order valence-electron chi connectivity index (χ1n) is 5.20. The lowest BCUT2D eigenvalue weighted by Crippen LogP contribution is -1.89. The van der Waals surface area contributed by atoms with Crippen molar-refractivity contribution in [2.24, 2.45) is 5.92 Å². The molecular formula is C12H19N. The molecule has 1 unspecified atom stereocenters. The van der Waals surface area contributed by atoms with Gasteiger partial charge in [0, 0.05) is 11.9 Å². The predicted octanol–water partition coefficient (Wildman–Crippen LogP) is 3.15. The van der Waals surface area contributed by atoms with Crippen LogP contribution in [-0.4, -0.2) is 4.98 Å². The van der Waals surface area contributed by atoms with Crippen LogP contribution in [-0.2, 0) is 12.8 Å². The number of hydrogen-bond donors (Lipinski definition) is 0.